The van der Waals surface area contributed by atoms with Crippen LogP contribution in [0.1, 0.15) is 5.69 Å². The van der Waals surface area contributed by atoms with Crippen molar-refractivity contribution in [1.82, 2.24) is 9.97 Å². The molecule has 4 nitrogen and oxygen atoms in total. The summed E-state index contributed by atoms with van der Waals surface area (Å²) in [5.74, 6) is 0. The zero-order valence-electron chi connectivity index (χ0n) is 15.2. The molecule has 0 aliphatic carbocycles. The van der Waals surface area contributed by atoms with Crippen molar-refractivity contribution in [2.75, 3.05) is 0 Å². The maximum atomic E-state index is 11.9. The lowest BCUT2D eigenvalue weighted by molar-refractivity contribution is 0.984. The molecule has 0 spiro atoms. The molecule has 5 heteroatoms. The largest absolute Gasteiger partial charge is 0.326 e. The van der Waals surface area contributed by atoms with Crippen molar-refractivity contribution in [1.29, 1.82) is 0 Å². The third kappa shape index (κ3) is 3.47. The van der Waals surface area contributed by atoms with Gasteiger partial charge in [0.15, 0.2) is 0 Å². The smallest absolute Gasteiger partial charge is 0.308 e. The Bertz CT molecular complexity index is 1040. The average molecular weight is 387 g/mol. The lowest BCUT2D eigenvalue weighted by Gasteiger charge is -2.27. The van der Waals surface area contributed by atoms with Gasteiger partial charge in [0.05, 0.1) is 5.69 Å². The Kier molecular flexibility index (Phi) is 5.05. The van der Waals surface area contributed by atoms with Crippen molar-refractivity contribution in [2.24, 2.45) is 0 Å². The van der Waals surface area contributed by atoms with Crippen LogP contribution in [0.3, 0.4) is 0 Å². The van der Waals surface area contributed by atoms with E-state index in [1.165, 1.54) is 22.0 Å². The zero-order chi connectivity index (χ0) is 19.4. The number of hydrogen-bond acceptors (Lipinski definition) is 2. The molecule has 3 aromatic carbocycles. The number of aromatic nitrogens is 2. The van der Waals surface area contributed by atoms with Crippen LogP contribution >= 0.6 is 7.26 Å². The number of benzene rings is 3. The van der Waals surface area contributed by atoms with E-state index in [0.29, 0.717) is 11.9 Å². The molecule has 138 valence electrons. The van der Waals surface area contributed by atoms with E-state index in [-0.39, 0.29) is 5.56 Å². The van der Waals surface area contributed by atoms with Crippen LogP contribution in [0.5, 0.6) is 0 Å². The van der Waals surface area contributed by atoms with Crippen molar-refractivity contribution in [3.63, 3.8) is 0 Å². The summed E-state index contributed by atoms with van der Waals surface area (Å²) in [6.45, 7) is 0. The molecule has 0 unspecified atom stereocenters. The molecule has 1 aromatic heterocycles. The Balaban J connectivity index is 2.03. The Morgan fingerprint density at radius 1 is 0.607 bits per heavy atom. The van der Waals surface area contributed by atoms with Gasteiger partial charge in [0.1, 0.15) is 29.3 Å². The van der Waals surface area contributed by atoms with Gasteiger partial charge in [0.25, 0.3) is 5.56 Å². The van der Waals surface area contributed by atoms with E-state index < -0.39 is 13.0 Å². The van der Waals surface area contributed by atoms with Crippen LogP contribution in [0.2, 0.25) is 0 Å². The average Bonchev–Trinajstić information content (AvgIpc) is 2.73. The number of rotatable bonds is 5. The van der Waals surface area contributed by atoms with E-state index in [9.17, 15) is 9.59 Å². The van der Waals surface area contributed by atoms with Crippen molar-refractivity contribution in [2.45, 2.75) is 6.16 Å². The standard InChI is InChI=1S/C23H19N2O2P/c26-22-16-18(24-23(27)25-22)17-28(19-10-4-1-5-11-19,20-12-6-2-7-13-20)21-14-8-3-9-15-21/h1-16H,17H2,(H-,24,25,26,27)/p+1. The minimum atomic E-state index is -2.14. The fourth-order valence-electron chi connectivity index (χ4n) is 3.63. The summed E-state index contributed by atoms with van der Waals surface area (Å²) in [7, 11) is -2.14. The first kappa shape index (κ1) is 18.1. The highest BCUT2D eigenvalue weighted by Crippen LogP contribution is 2.57. The van der Waals surface area contributed by atoms with Gasteiger partial charge in [-0.2, -0.15) is 0 Å². The van der Waals surface area contributed by atoms with Crippen molar-refractivity contribution in [3.8, 4) is 0 Å². The third-order valence-electron chi connectivity index (χ3n) is 4.81. The Hall–Kier alpha value is -3.23. The second-order valence-electron chi connectivity index (χ2n) is 6.59. The molecule has 2 N–H and O–H groups in total. The normalized spacial score (nSPS) is 11.3. The molecule has 4 aromatic rings. The second kappa shape index (κ2) is 7.79. The topological polar surface area (TPSA) is 65.7 Å². The second-order valence-corrected chi connectivity index (χ2v) is 10.1. The highest BCUT2D eigenvalue weighted by atomic mass is 31.2. The first-order valence-electron chi connectivity index (χ1n) is 9.06. The summed E-state index contributed by atoms with van der Waals surface area (Å²) in [5.41, 5.74) is -0.223. The van der Waals surface area contributed by atoms with Gasteiger partial charge in [-0.05, 0) is 36.4 Å². The van der Waals surface area contributed by atoms with Crippen molar-refractivity contribution < 1.29 is 0 Å². The van der Waals surface area contributed by atoms with E-state index in [1.54, 1.807) is 0 Å². The maximum Gasteiger partial charge on any atom is 0.326 e. The van der Waals surface area contributed by atoms with Crippen LogP contribution in [-0.2, 0) is 6.16 Å². The summed E-state index contributed by atoms with van der Waals surface area (Å²) in [6.07, 6.45) is 0.560. The summed E-state index contributed by atoms with van der Waals surface area (Å²) in [5, 5.41) is 3.61. The first-order chi connectivity index (χ1) is 13.7. The zero-order valence-corrected chi connectivity index (χ0v) is 16.1. The minimum Gasteiger partial charge on any atom is -0.308 e. The monoisotopic (exact) mass is 387 g/mol. The summed E-state index contributed by atoms with van der Waals surface area (Å²) in [4.78, 5) is 28.9. The van der Waals surface area contributed by atoms with Crippen LogP contribution in [0, 0.1) is 0 Å². The number of aromatic amines is 2. The minimum absolute atomic E-state index is 0.383. The number of hydrogen-bond donors (Lipinski definition) is 2. The predicted octanol–water partition coefficient (Wildman–Crippen LogP) is 2.56. The van der Waals surface area contributed by atoms with Gasteiger partial charge in [-0.1, -0.05) is 54.6 Å². The molecule has 0 radical (unpaired) electrons. The SMILES string of the molecule is O=c1cc(C[P+](c2ccccc2)(c2ccccc2)c2ccccc2)[nH]c(=O)[nH]1. The molecule has 0 saturated heterocycles. The Morgan fingerprint density at radius 2 is 1.04 bits per heavy atom. The van der Waals surface area contributed by atoms with Gasteiger partial charge in [-0.3, -0.25) is 9.78 Å². The first-order valence-corrected chi connectivity index (χ1v) is 11.0. The summed E-state index contributed by atoms with van der Waals surface area (Å²) < 4.78 is 0. The van der Waals surface area contributed by atoms with Crippen LogP contribution in [-0.4, -0.2) is 9.97 Å². The molecular weight excluding hydrogens is 367 g/mol. The van der Waals surface area contributed by atoms with Gasteiger partial charge in [-0.15, -0.1) is 0 Å². The molecule has 0 atom stereocenters. The van der Waals surface area contributed by atoms with Crippen molar-refractivity contribution in [3.05, 3.63) is 124 Å². The fraction of sp³-hybridized carbons (Fsp3) is 0.0435. The van der Waals surface area contributed by atoms with Gasteiger partial charge in [-0.25, -0.2) is 4.79 Å². The lowest BCUT2D eigenvalue weighted by atomic mass is 10.3. The molecular formula is C23H20N2O2P+. The van der Waals surface area contributed by atoms with Gasteiger partial charge < -0.3 is 4.98 Å². The van der Waals surface area contributed by atoms with Gasteiger partial charge >= 0.3 is 5.69 Å². The van der Waals surface area contributed by atoms with Crippen molar-refractivity contribution >= 4 is 23.2 Å². The number of H-pyrrole nitrogens is 2. The molecule has 28 heavy (non-hydrogen) atoms. The van der Waals surface area contributed by atoms with Gasteiger partial charge in [0.2, 0.25) is 0 Å². The Labute approximate surface area is 163 Å². The molecule has 0 aliphatic rings. The van der Waals surface area contributed by atoms with E-state index in [2.05, 4.69) is 46.4 Å². The molecule has 4 rings (SSSR count). The molecule has 0 aliphatic heterocycles. The maximum absolute atomic E-state index is 11.9. The van der Waals surface area contributed by atoms with E-state index >= 15 is 0 Å². The molecule has 0 amide bonds. The van der Waals surface area contributed by atoms with Crippen LogP contribution < -0.4 is 27.2 Å². The predicted molar refractivity (Wildman–Crippen MR) is 117 cm³/mol. The summed E-state index contributed by atoms with van der Waals surface area (Å²) in [6, 6.07) is 32.6. The van der Waals surface area contributed by atoms with Crippen LogP contribution in [0.25, 0.3) is 0 Å². The highest BCUT2D eigenvalue weighted by Gasteiger charge is 2.45. The van der Waals surface area contributed by atoms with E-state index in [1.807, 2.05) is 54.6 Å². The fourth-order valence-corrected chi connectivity index (χ4v) is 7.80. The van der Waals surface area contributed by atoms with Crippen LogP contribution in [0.4, 0.5) is 0 Å². The lowest BCUT2D eigenvalue weighted by Crippen LogP contribution is -2.34. The van der Waals surface area contributed by atoms with Gasteiger partial charge in [0, 0.05) is 6.07 Å². The molecule has 0 fully saturated rings. The van der Waals surface area contributed by atoms with E-state index in [4.69, 9.17) is 0 Å². The van der Waals surface area contributed by atoms with Crippen LogP contribution in [0.15, 0.2) is 107 Å². The van der Waals surface area contributed by atoms with E-state index in [0.717, 1.165) is 0 Å². The summed E-state index contributed by atoms with van der Waals surface area (Å²) >= 11 is 0. The molecule has 0 saturated carbocycles. The number of nitrogens with one attached hydrogen (secondary N) is 2. The Morgan fingerprint density at radius 3 is 1.43 bits per heavy atom. The molecule has 1 heterocycles. The third-order valence-corrected chi connectivity index (χ3v) is 9.17. The highest BCUT2D eigenvalue weighted by molar-refractivity contribution is 7.95. The molecule has 0 bridgehead atoms. The quantitative estimate of drug-likeness (QED) is 0.517.